The van der Waals surface area contributed by atoms with Gasteiger partial charge in [-0.25, -0.2) is 0 Å². The van der Waals surface area contributed by atoms with E-state index in [0.717, 1.165) is 6.54 Å². The summed E-state index contributed by atoms with van der Waals surface area (Å²) in [4.78, 5) is 4.80. The number of hydrogen-bond acceptors (Lipinski definition) is 2. The molecule has 1 nitrogen and oxygen atoms in total. The molecule has 0 heterocycles. The van der Waals surface area contributed by atoms with Crippen molar-refractivity contribution in [3.63, 3.8) is 0 Å². The first-order valence-electron chi connectivity index (χ1n) is 6.53. The van der Waals surface area contributed by atoms with Gasteiger partial charge in [-0.3, -0.25) is 0 Å². The molecule has 0 aliphatic rings. The molecular weight excluding hydrogens is 250 g/mol. The Morgan fingerprint density at radius 2 is 1.42 bits per heavy atom. The first-order valence-corrected chi connectivity index (χ1v) is 7.34. The maximum absolute atomic E-state index is 2.24. The lowest BCUT2D eigenvalue weighted by Crippen LogP contribution is -2.10. The Morgan fingerprint density at radius 1 is 0.842 bits per heavy atom. The summed E-state index contributed by atoms with van der Waals surface area (Å²) in [7, 11) is 4.19. The van der Waals surface area contributed by atoms with Gasteiger partial charge in [0.25, 0.3) is 0 Å². The SMILES string of the molecule is Cc1cc(C)cc(Sc2ccc(CN(C)C)cc2)c1. The van der Waals surface area contributed by atoms with Crippen LogP contribution in [0.3, 0.4) is 0 Å². The Bertz CT molecular complexity index is 523. The van der Waals surface area contributed by atoms with Crippen molar-refractivity contribution in [2.24, 2.45) is 0 Å². The highest BCUT2D eigenvalue weighted by Crippen LogP contribution is 2.29. The molecule has 19 heavy (non-hydrogen) atoms. The quantitative estimate of drug-likeness (QED) is 0.804. The van der Waals surface area contributed by atoms with Crippen molar-refractivity contribution < 1.29 is 0 Å². The minimum atomic E-state index is 0.995. The van der Waals surface area contributed by atoms with Crippen molar-refractivity contribution in [3.8, 4) is 0 Å². The molecule has 0 unspecified atom stereocenters. The lowest BCUT2D eigenvalue weighted by atomic mass is 10.2. The fraction of sp³-hybridized carbons (Fsp3) is 0.294. The van der Waals surface area contributed by atoms with Gasteiger partial charge in [0.1, 0.15) is 0 Å². The summed E-state index contributed by atoms with van der Waals surface area (Å²) in [5.74, 6) is 0. The second-order valence-corrected chi connectivity index (χ2v) is 6.45. The van der Waals surface area contributed by atoms with E-state index in [1.165, 1.54) is 26.5 Å². The molecule has 0 aromatic heterocycles. The minimum Gasteiger partial charge on any atom is -0.305 e. The summed E-state index contributed by atoms with van der Waals surface area (Å²) in [5.41, 5.74) is 4.01. The summed E-state index contributed by atoms with van der Waals surface area (Å²) >= 11 is 1.83. The van der Waals surface area contributed by atoms with E-state index in [-0.39, 0.29) is 0 Å². The van der Waals surface area contributed by atoms with Crippen molar-refractivity contribution in [1.29, 1.82) is 0 Å². The van der Waals surface area contributed by atoms with Crippen LogP contribution in [0.1, 0.15) is 16.7 Å². The Labute approximate surface area is 120 Å². The number of hydrogen-bond donors (Lipinski definition) is 0. The third kappa shape index (κ3) is 4.41. The molecule has 0 N–H and O–H groups in total. The number of rotatable bonds is 4. The third-order valence-corrected chi connectivity index (χ3v) is 3.83. The second-order valence-electron chi connectivity index (χ2n) is 5.31. The Kier molecular flexibility index (Phi) is 4.67. The molecule has 0 amide bonds. The van der Waals surface area contributed by atoms with Crippen LogP contribution in [0.5, 0.6) is 0 Å². The molecule has 0 aliphatic heterocycles. The lowest BCUT2D eigenvalue weighted by Gasteiger charge is -2.10. The van der Waals surface area contributed by atoms with Crippen LogP contribution in [-0.4, -0.2) is 19.0 Å². The van der Waals surface area contributed by atoms with Gasteiger partial charge in [-0.15, -0.1) is 0 Å². The summed E-state index contributed by atoms with van der Waals surface area (Å²) in [5, 5.41) is 0. The van der Waals surface area contributed by atoms with E-state index in [4.69, 9.17) is 0 Å². The second kappa shape index (κ2) is 6.27. The molecular formula is C17H21NS. The first kappa shape index (κ1) is 14.2. The number of benzene rings is 2. The van der Waals surface area contributed by atoms with Crippen molar-refractivity contribution in [3.05, 3.63) is 59.2 Å². The summed E-state index contributed by atoms with van der Waals surface area (Å²) in [6.07, 6.45) is 0. The van der Waals surface area contributed by atoms with E-state index in [1.807, 2.05) is 11.8 Å². The number of nitrogens with zero attached hydrogens (tertiary/aromatic N) is 1. The van der Waals surface area contributed by atoms with Crippen LogP contribution in [-0.2, 0) is 6.54 Å². The zero-order valence-electron chi connectivity index (χ0n) is 12.1. The molecule has 2 heteroatoms. The normalized spacial score (nSPS) is 11.0. The third-order valence-electron chi connectivity index (χ3n) is 2.85. The molecule has 0 spiro atoms. The maximum atomic E-state index is 2.24. The zero-order valence-corrected chi connectivity index (χ0v) is 12.9. The van der Waals surface area contributed by atoms with Crippen molar-refractivity contribution in [2.75, 3.05) is 14.1 Å². The van der Waals surface area contributed by atoms with Crippen LogP contribution >= 0.6 is 11.8 Å². The van der Waals surface area contributed by atoms with Gasteiger partial charge in [-0.05, 0) is 68.9 Å². The molecule has 0 fully saturated rings. The monoisotopic (exact) mass is 271 g/mol. The standard InChI is InChI=1S/C17H21NS/c1-13-9-14(2)11-17(10-13)19-16-7-5-15(6-8-16)12-18(3)4/h5-11H,12H2,1-4H3. The first-order chi connectivity index (χ1) is 9.02. The Hall–Kier alpha value is -1.25. The molecule has 2 rings (SSSR count). The van der Waals surface area contributed by atoms with E-state index in [1.54, 1.807) is 0 Å². The van der Waals surface area contributed by atoms with Crippen molar-refractivity contribution in [1.82, 2.24) is 4.90 Å². The fourth-order valence-electron chi connectivity index (χ4n) is 2.16. The average molecular weight is 271 g/mol. The summed E-state index contributed by atoms with van der Waals surface area (Å²) in [6, 6.07) is 15.5. The van der Waals surface area contributed by atoms with Gasteiger partial charge in [0.2, 0.25) is 0 Å². The topological polar surface area (TPSA) is 3.24 Å². The van der Waals surface area contributed by atoms with Crippen LogP contribution < -0.4 is 0 Å². The van der Waals surface area contributed by atoms with Gasteiger partial charge in [0.05, 0.1) is 0 Å². The van der Waals surface area contributed by atoms with Gasteiger partial charge in [0.15, 0.2) is 0 Å². The van der Waals surface area contributed by atoms with Crippen molar-refractivity contribution >= 4 is 11.8 Å². The predicted molar refractivity (Wildman–Crippen MR) is 83.9 cm³/mol. The van der Waals surface area contributed by atoms with Gasteiger partial charge in [-0.2, -0.15) is 0 Å². The van der Waals surface area contributed by atoms with Crippen molar-refractivity contribution in [2.45, 2.75) is 30.2 Å². The number of aryl methyl sites for hydroxylation is 2. The summed E-state index contributed by atoms with van der Waals surface area (Å²) < 4.78 is 0. The highest BCUT2D eigenvalue weighted by molar-refractivity contribution is 7.99. The molecule has 0 radical (unpaired) electrons. The molecule has 2 aromatic carbocycles. The molecule has 0 saturated heterocycles. The van der Waals surface area contributed by atoms with Gasteiger partial charge in [-0.1, -0.05) is 30.0 Å². The zero-order chi connectivity index (χ0) is 13.8. The largest absolute Gasteiger partial charge is 0.305 e. The fourth-order valence-corrected chi connectivity index (χ4v) is 3.19. The van der Waals surface area contributed by atoms with Gasteiger partial charge in [0, 0.05) is 16.3 Å². The lowest BCUT2D eigenvalue weighted by molar-refractivity contribution is 0.402. The van der Waals surface area contributed by atoms with E-state index < -0.39 is 0 Å². The van der Waals surface area contributed by atoms with Crippen LogP contribution in [0.25, 0.3) is 0 Å². The molecule has 0 bridgehead atoms. The van der Waals surface area contributed by atoms with E-state index in [0.29, 0.717) is 0 Å². The maximum Gasteiger partial charge on any atom is 0.0227 e. The van der Waals surface area contributed by atoms with E-state index in [9.17, 15) is 0 Å². The molecule has 2 aromatic rings. The summed E-state index contributed by atoms with van der Waals surface area (Å²) in [6.45, 7) is 5.29. The van der Waals surface area contributed by atoms with E-state index >= 15 is 0 Å². The smallest absolute Gasteiger partial charge is 0.0227 e. The van der Waals surface area contributed by atoms with Crippen LogP contribution in [0, 0.1) is 13.8 Å². The van der Waals surface area contributed by atoms with Crippen LogP contribution in [0.4, 0.5) is 0 Å². The molecule has 100 valence electrons. The highest BCUT2D eigenvalue weighted by Gasteiger charge is 2.01. The Balaban J connectivity index is 2.10. The molecule has 0 aliphatic carbocycles. The average Bonchev–Trinajstić information content (AvgIpc) is 2.29. The van der Waals surface area contributed by atoms with Gasteiger partial charge >= 0.3 is 0 Å². The minimum absolute atomic E-state index is 0.995. The molecule has 0 atom stereocenters. The highest BCUT2D eigenvalue weighted by atomic mass is 32.2. The Morgan fingerprint density at radius 3 is 1.95 bits per heavy atom. The van der Waals surface area contributed by atoms with Crippen LogP contribution in [0.15, 0.2) is 52.3 Å². The van der Waals surface area contributed by atoms with Crippen LogP contribution in [0.2, 0.25) is 0 Å². The predicted octanol–water partition coefficient (Wildman–Crippen LogP) is 4.52. The van der Waals surface area contributed by atoms with E-state index in [2.05, 4.69) is 75.3 Å². The molecule has 0 saturated carbocycles. The van der Waals surface area contributed by atoms with Gasteiger partial charge < -0.3 is 4.90 Å².